The standard InChI is InChI=1S/C16H24ClNO/c1-5-18-14(10-16(2,3)4)13-9-12(17)8-11-6-7-19-15(11)13/h8-9,14,18H,5-7,10H2,1-4H3. The number of benzene rings is 1. The van der Waals surface area contributed by atoms with Crippen LogP contribution in [0.25, 0.3) is 0 Å². The molecule has 0 aromatic heterocycles. The van der Waals surface area contributed by atoms with Crippen LogP contribution in [0.4, 0.5) is 0 Å². The molecule has 1 N–H and O–H groups in total. The molecule has 19 heavy (non-hydrogen) atoms. The van der Waals surface area contributed by atoms with Gasteiger partial charge in [0, 0.05) is 23.0 Å². The second kappa shape index (κ2) is 5.72. The molecule has 1 aliphatic rings. The van der Waals surface area contributed by atoms with Gasteiger partial charge in [0.25, 0.3) is 0 Å². The Labute approximate surface area is 121 Å². The molecule has 0 bridgehead atoms. The molecule has 1 heterocycles. The van der Waals surface area contributed by atoms with Gasteiger partial charge in [-0.2, -0.15) is 0 Å². The molecule has 1 aromatic rings. The molecule has 0 radical (unpaired) electrons. The van der Waals surface area contributed by atoms with Crippen LogP contribution in [0.1, 0.15) is 51.3 Å². The summed E-state index contributed by atoms with van der Waals surface area (Å²) >= 11 is 6.26. The van der Waals surface area contributed by atoms with Crippen molar-refractivity contribution in [2.45, 2.75) is 46.6 Å². The average Bonchev–Trinajstić information content (AvgIpc) is 2.73. The number of hydrogen-bond donors (Lipinski definition) is 1. The Hall–Kier alpha value is -0.730. The molecule has 2 rings (SSSR count). The highest BCUT2D eigenvalue weighted by Crippen LogP contribution is 2.40. The molecule has 1 aromatic carbocycles. The maximum atomic E-state index is 6.26. The molecule has 106 valence electrons. The lowest BCUT2D eigenvalue weighted by atomic mass is 9.84. The van der Waals surface area contributed by atoms with Gasteiger partial charge in [0.1, 0.15) is 5.75 Å². The van der Waals surface area contributed by atoms with Gasteiger partial charge in [0.15, 0.2) is 0 Å². The third-order valence-electron chi connectivity index (χ3n) is 3.42. The molecule has 0 spiro atoms. The summed E-state index contributed by atoms with van der Waals surface area (Å²) in [5.41, 5.74) is 2.73. The van der Waals surface area contributed by atoms with Crippen molar-refractivity contribution in [3.63, 3.8) is 0 Å². The minimum absolute atomic E-state index is 0.265. The van der Waals surface area contributed by atoms with Gasteiger partial charge in [-0.15, -0.1) is 0 Å². The molecule has 0 saturated carbocycles. The number of ether oxygens (including phenoxy) is 1. The Kier molecular flexibility index (Phi) is 4.42. The van der Waals surface area contributed by atoms with Gasteiger partial charge >= 0.3 is 0 Å². The van der Waals surface area contributed by atoms with Crippen LogP contribution < -0.4 is 10.1 Å². The van der Waals surface area contributed by atoms with E-state index in [-0.39, 0.29) is 5.41 Å². The fourth-order valence-corrected chi connectivity index (χ4v) is 2.96. The van der Waals surface area contributed by atoms with Crippen LogP contribution in [0.3, 0.4) is 0 Å². The fourth-order valence-electron chi connectivity index (χ4n) is 2.71. The van der Waals surface area contributed by atoms with E-state index in [0.717, 1.165) is 36.8 Å². The van der Waals surface area contributed by atoms with Crippen molar-refractivity contribution < 1.29 is 4.74 Å². The molecule has 1 aliphatic heterocycles. The average molecular weight is 282 g/mol. The van der Waals surface area contributed by atoms with Crippen molar-refractivity contribution in [1.29, 1.82) is 0 Å². The van der Waals surface area contributed by atoms with E-state index in [2.05, 4.69) is 39.1 Å². The normalized spacial score (nSPS) is 16.1. The molecule has 1 unspecified atom stereocenters. The first-order chi connectivity index (χ1) is 8.90. The number of rotatable bonds is 4. The lowest BCUT2D eigenvalue weighted by molar-refractivity contribution is 0.302. The Morgan fingerprint density at radius 2 is 2.11 bits per heavy atom. The van der Waals surface area contributed by atoms with E-state index in [4.69, 9.17) is 16.3 Å². The maximum Gasteiger partial charge on any atom is 0.127 e. The van der Waals surface area contributed by atoms with Crippen LogP contribution in [0.15, 0.2) is 12.1 Å². The fraction of sp³-hybridized carbons (Fsp3) is 0.625. The second-order valence-corrected chi connectivity index (χ2v) is 6.89. The topological polar surface area (TPSA) is 21.3 Å². The van der Waals surface area contributed by atoms with E-state index in [1.54, 1.807) is 0 Å². The van der Waals surface area contributed by atoms with Gasteiger partial charge in [-0.1, -0.05) is 39.3 Å². The summed E-state index contributed by atoms with van der Waals surface area (Å²) in [4.78, 5) is 0. The quantitative estimate of drug-likeness (QED) is 0.885. The predicted octanol–water partition coefficient (Wildman–Crippen LogP) is 4.36. The Morgan fingerprint density at radius 1 is 1.37 bits per heavy atom. The van der Waals surface area contributed by atoms with E-state index in [1.165, 1.54) is 11.1 Å². The number of fused-ring (bicyclic) bond motifs is 1. The molecular formula is C16H24ClNO. The van der Waals surface area contributed by atoms with Crippen molar-refractivity contribution in [2.24, 2.45) is 5.41 Å². The van der Waals surface area contributed by atoms with Crippen LogP contribution in [-0.4, -0.2) is 13.2 Å². The molecule has 0 amide bonds. The van der Waals surface area contributed by atoms with Crippen molar-refractivity contribution in [2.75, 3.05) is 13.2 Å². The Balaban J connectivity index is 2.36. The predicted molar refractivity (Wildman–Crippen MR) is 81.1 cm³/mol. The highest BCUT2D eigenvalue weighted by atomic mass is 35.5. The lowest BCUT2D eigenvalue weighted by Crippen LogP contribution is -2.26. The first kappa shape index (κ1) is 14.7. The largest absolute Gasteiger partial charge is 0.493 e. The first-order valence-corrected chi connectivity index (χ1v) is 7.47. The van der Waals surface area contributed by atoms with E-state index >= 15 is 0 Å². The molecule has 1 atom stereocenters. The Bertz CT molecular complexity index is 451. The summed E-state index contributed by atoms with van der Waals surface area (Å²) in [5, 5.41) is 4.39. The first-order valence-electron chi connectivity index (χ1n) is 7.09. The third-order valence-corrected chi connectivity index (χ3v) is 3.64. The zero-order valence-corrected chi connectivity index (χ0v) is 13.1. The summed E-state index contributed by atoms with van der Waals surface area (Å²) in [6.07, 6.45) is 2.04. The highest BCUT2D eigenvalue weighted by Gasteiger charge is 2.26. The van der Waals surface area contributed by atoms with E-state index in [9.17, 15) is 0 Å². The number of halogens is 1. The molecule has 0 fully saturated rings. The van der Waals surface area contributed by atoms with Gasteiger partial charge in [0.2, 0.25) is 0 Å². The molecule has 0 aliphatic carbocycles. The molecule has 2 nitrogen and oxygen atoms in total. The maximum absolute atomic E-state index is 6.26. The van der Waals surface area contributed by atoms with Gasteiger partial charge < -0.3 is 10.1 Å². The number of nitrogens with one attached hydrogen (secondary N) is 1. The van der Waals surface area contributed by atoms with Crippen LogP contribution >= 0.6 is 11.6 Å². The minimum atomic E-state index is 0.265. The van der Waals surface area contributed by atoms with E-state index in [1.807, 2.05) is 6.07 Å². The Morgan fingerprint density at radius 3 is 2.74 bits per heavy atom. The van der Waals surface area contributed by atoms with Gasteiger partial charge in [-0.3, -0.25) is 0 Å². The summed E-state index contributed by atoms with van der Waals surface area (Å²) in [6.45, 7) is 10.7. The van der Waals surface area contributed by atoms with E-state index < -0.39 is 0 Å². The van der Waals surface area contributed by atoms with Crippen molar-refractivity contribution >= 4 is 11.6 Å². The van der Waals surface area contributed by atoms with Gasteiger partial charge in [0.05, 0.1) is 6.61 Å². The van der Waals surface area contributed by atoms with E-state index in [0.29, 0.717) is 6.04 Å². The van der Waals surface area contributed by atoms with Crippen LogP contribution in [0, 0.1) is 5.41 Å². The van der Waals surface area contributed by atoms with Crippen molar-refractivity contribution in [3.8, 4) is 5.75 Å². The zero-order chi connectivity index (χ0) is 14.0. The second-order valence-electron chi connectivity index (χ2n) is 6.46. The lowest BCUT2D eigenvalue weighted by Gasteiger charge is -2.28. The highest BCUT2D eigenvalue weighted by molar-refractivity contribution is 6.30. The minimum Gasteiger partial charge on any atom is -0.493 e. The smallest absolute Gasteiger partial charge is 0.127 e. The van der Waals surface area contributed by atoms with Gasteiger partial charge in [-0.25, -0.2) is 0 Å². The number of hydrogen-bond acceptors (Lipinski definition) is 2. The SMILES string of the molecule is CCNC(CC(C)(C)C)c1cc(Cl)cc2c1OCC2. The summed E-state index contributed by atoms with van der Waals surface area (Å²) in [6, 6.07) is 4.40. The van der Waals surface area contributed by atoms with Crippen LogP contribution in [0.2, 0.25) is 5.02 Å². The van der Waals surface area contributed by atoms with Crippen LogP contribution in [-0.2, 0) is 6.42 Å². The monoisotopic (exact) mass is 281 g/mol. The zero-order valence-electron chi connectivity index (χ0n) is 12.3. The summed E-state index contributed by atoms with van der Waals surface area (Å²) < 4.78 is 5.83. The molecule has 3 heteroatoms. The molecule has 0 saturated heterocycles. The van der Waals surface area contributed by atoms with Crippen molar-refractivity contribution in [3.05, 3.63) is 28.3 Å². The van der Waals surface area contributed by atoms with Crippen molar-refractivity contribution in [1.82, 2.24) is 5.32 Å². The summed E-state index contributed by atoms with van der Waals surface area (Å²) in [5.74, 6) is 1.06. The van der Waals surface area contributed by atoms with Crippen LogP contribution in [0.5, 0.6) is 5.75 Å². The summed E-state index contributed by atoms with van der Waals surface area (Å²) in [7, 11) is 0. The molecular weight excluding hydrogens is 258 g/mol. The third kappa shape index (κ3) is 3.64. The van der Waals surface area contributed by atoms with Gasteiger partial charge in [-0.05, 0) is 36.1 Å².